The van der Waals surface area contributed by atoms with Crippen molar-refractivity contribution in [3.8, 4) is 11.5 Å². The second kappa shape index (κ2) is 9.21. The zero-order valence-corrected chi connectivity index (χ0v) is 14.3. The summed E-state index contributed by atoms with van der Waals surface area (Å²) in [6, 6.07) is 16.4. The van der Waals surface area contributed by atoms with E-state index < -0.39 is 0 Å². The Hall–Kier alpha value is -2.00. The van der Waals surface area contributed by atoms with E-state index in [-0.39, 0.29) is 0 Å². The van der Waals surface area contributed by atoms with Gasteiger partial charge in [0.2, 0.25) is 0 Å². The molecule has 0 saturated heterocycles. The Bertz CT molecular complexity index is 578. The van der Waals surface area contributed by atoms with Crippen LogP contribution < -0.4 is 14.8 Å². The minimum absolute atomic E-state index is 0.455. The first-order valence-corrected chi connectivity index (χ1v) is 8.35. The fraction of sp³-hybridized carbons (Fsp3) is 0.400. The Morgan fingerprint density at radius 2 is 1.61 bits per heavy atom. The van der Waals surface area contributed by atoms with Crippen molar-refractivity contribution in [1.82, 2.24) is 5.32 Å². The van der Waals surface area contributed by atoms with E-state index in [2.05, 4.69) is 44.3 Å². The van der Waals surface area contributed by atoms with Gasteiger partial charge in [-0.2, -0.15) is 0 Å². The number of benzene rings is 2. The van der Waals surface area contributed by atoms with Crippen molar-refractivity contribution >= 4 is 0 Å². The lowest BCUT2D eigenvalue weighted by Crippen LogP contribution is -2.12. The summed E-state index contributed by atoms with van der Waals surface area (Å²) in [5.74, 6) is 2.29. The molecule has 0 radical (unpaired) electrons. The average Bonchev–Trinajstić information content (AvgIpc) is 2.58. The third-order valence-electron chi connectivity index (χ3n) is 3.65. The summed E-state index contributed by atoms with van der Waals surface area (Å²) in [6.07, 6.45) is 0. The van der Waals surface area contributed by atoms with Crippen LogP contribution in [0.1, 0.15) is 37.8 Å². The van der Waals surface area contributed by atoms with Gasteiger partial charge >= 0.3 is 0 Å². The van der Waals surface area contributed by atoms with Gasteiger partial charge in [0.1, 0.15) is 24.7 Å². The third-order valence-corrected chi connectivity index (χ3v) is 3.65. The summed E-state index contributed by atoms with van der Waals surface area (Å²) < 4.78 is 11.6. The van der Waals surface area contributed by atoms with Crippen molar-refractivity contribution in [2.24, 2.45) is 0 Å². The summed E-state index contributed by atoms with van der Waals surface area (Å²) in [4.78, 5) is 0. The molecule has 0 saturated carbocycles. The lowest BCUT2D eigenvalue weighted by molar-refractivity contribution is 0.215. The fourth-order valence-electron chi connectivity index (χ4n) is 2.37. The summed E-state index contributed by atoms with van der Waals surface area (Å²) >= 11 is 0. The molecule has 0 aliphatic rings. The Balaban J connectivity index is 1.77. The smallest absolute Gasteiger partial charge is 0.122 e. The first-order chi connectivity index (χ1) is 11.2. The summed E-state index contributed by atoms with van der Waals surface area (Å²) in [5.41, 5.74) is 2.50. The summed E-state index contributed by atoms with van der Waals surface area (Å²) in [7, 11) is 0. The minimum Gasteiger partial charge on any atom is -0.490 e. The van der Waals surface area contributed by atoms with Gasteiger partial charge < -0.3 is 14.8 Å². The maximum absolute atomic E-state index is 5.86. The molecule has 3 heteroatoms. The molecular weight excluding hydrogens is 286 g/mol. The number of hydrogen-bond donors (Lipinski definition) is 1. The second-order valence-electron chi connectivity index (χ2n) is 5.81. The number of hydrogen-bond acceptors (Lipinski definition) is 3. The highest BCUT2D eigenvalue weighted by molar-refractivity contribution is 5.35. The molecule has 0 aliphatic carbocycles. The average molecular weight is 313 g/mol. The third kappa shape index (κ3) is 5.61. The van der Waals surface area contributed by atoms with E-state index in [1.807, 2.05) is 30.3 Å². The molecular formula is C20H27NO2. The van der Waals surface area contributed by atoms with Crippen molar-refractivity contribution < 1.29 is 9.47 Å². The molecule has 0 unspecified atom stereocenters. The standard InChI is InChI=1S/C20H27NO2/c1-4-21-15-17-9-11-18(12-10-17)22-13-14-23-20-8-6-5-7-19(20)16(2)3/h5-12,16,21H,4,13-15H2,1-3H3. The van der Waals surface area contributed by atoms with Gasteiger partial charge in [0, 0.05) is 6.54 Å². The van der Waals surface area contributed by atoms with Crippen molar-refractivity contribution in [1.29, 1.82) is 0 Å². The lowest BCUT2D eigenvalue weighted by atomic mass is 10.0. The molecule has 0 atom stereocenters. The molecule has 0 aliphatic heterocycles. The van der Waals surface area contributed by atoms with Crippen LogP contribution in [-0.2, 0) is 6.54 Å². The fourth-order valence-corrected chi connectivity index (χ4v) is 2.37. The molecule has 3 nitrogen and oxygen atoms in total. The molecule has 2 aromatic rings. The van der Waals surface area contributed by atoms with Crippen LogP contribution in [0.15, 0.2) is 48.5 Å². The maximum Gasteiger partial charge on any atom is 0.122 e. The van der Waals surface area contributed by atoms with Gasteiger partial charge in [-0.15, -0.1) is 0 Å². The monoisotopic (exact) mass is 313 g/mol. The van der Waals surface area contributed by atoms with Gasteiger partial charge in [0.25, 0.3) is 0 Å². The highest BCUT2D eigenvalue weighted by Crippen LogP contribution is 2.25. The Kier molecular flexibility index (Phi) is 6.95. The highest BCUT2D eigenvalue weighted by Gasteiger charge is 2.06. The van der Waals surface area contributed by atoms with Crippen molar-refractivity contribution in [2.45, 2.75) is 33.2 Å². The van der Waals surface area contributed by atoms with E-state index in [4.69, 9.17) is 9.47 Å². The maximum atomic E-state index is 5.86. The Labute approximate surface area is 139 Å². The Morgan fingerprint density at radius 3 is 2.30 bits per heavy atom. The zero-order chi connectivity index (χ0) is 16.5. The molecule has 0 bridgehead atoms. The SMILES string of the molecule is CCNCc1ccc(OCCOc2ccccc2C(C)C)cc1. The first-order valence-electron chi connectivity index (χ1n) is 8.35. The van der Waals surface area contributed by atoms with E-state index in [1.54, 1.807) is 0 Å². The topological polar surface area (TPSA) is 30.5 Å². The van der Waals surface area contributed by atoms with Gasteiger partial charge in [0.15, 0.2) is 0 Å². The zero-order valence-electron chi connectivity index (χ0n) is 14.3. The molecule has 2 rings (SSSR count). The predicted molar refractivity (Wildman–Crippen MR) is 95.3 cm³/mol. The van der Waals surface area contributed by atoms with E-state index in [0.29, 0.717) is 19.1 Å². The molecule has 23 heavy (non-hydrogen) atoms. The summed E-state index contributed by atoms with van der Waals surface area (Å²) in [5, 5.41) is 3.31. The van der Waals surface area contributed by atoms with Crippen molar-refractivity contribution in [3.63, 3.8) is 0 Å². The van der Waals surface area contributed by atoms with Gasteiger partial charge in [-0.25, -0.2) is 0 Å². The molecule has 124 valence electrons. The normalized spacial score (nSPS) is 10.8. The van der Waals surface area contributed by atoms with Gasteiger partial charge in [0.05, 0.1) is 0 Å². The number of nitrogens with one attached hydrogen (secondary N) is 1. The Morgan fingerprint density at radius 1 is 0.913 bits per heavy atom. The van der Waals surface area contributed by atoms with Crippen LogP contribution in [0.25, 0.3) is 0 Å². The molecule has 0 aromatic heterocycles. The molecule has 1 N–H and O–H groups in total. The lowest BCUT2D eigenvalue weighted by Gasteiger charge is -2.14. The van der Waals surface area contributed by atoms with Crippen LogP contribution in [-0.4, -0.2) is 19.8 Å². The quantitative estimate of drug-likeness (QED) is 0.697. The van der Waals surface area contributed by atoms with E-state index in [0.717, 1.165) is 24.6 Å². The summed E-state index contributed by atoms with van der Waals surface area (Å²) in [6.45, 7) is 9.41. The predicted octanol–water partition coefficient (Wildman–Crippen LogP) is 4.38. The van der Waals surface area contributed by atoms with Crippen LogP contribution in [0.5, 0.6) is 11.5 Å². The second-order valence-corrected chi connectivity index (χ2v) is 5.81. The first kappa shape index (κ1) is 17.4. The van der Waals surface area contributed by atoms with E-state index in [1.165, 1.54) is 11.1 Å². The van der Waals surface area contributed by atoms with E-state index >= 15 is 0 Å². The van der Waals surface area contributed by atoms with Gasteiger partial charge in [-0.1, -0.05) is 51.1 Å². The van der Waals surface area contributed by atoms with Crippen LogP contribution in [0.3, 0.4) is 0 Å². The molecule has 2 aromatic carbocycles. The number of para-hydroxylation sites is 1. The minimum atomic E-state index is 0.455. The van der Waals surface area contributed by atoms with Crippen LogP contribution in [0.4, 0.5) is 0 Å². The van der Waals surface area contributed by atoms with Crippen molar-refractivity contribution in [3.05, 3.63) is 59.7 Å². The van der Waals surface area contributed by atoms with Crippen LogP contribution in [0, 0.1) is 0 Å². The number of ether oxygens (including phenoxy) is 2. The molecule has 0 amide bonds. The van der Waals surface area contributed by atoms with E-state index in [9.17, 15) is 0 Å². The van der Waals surface area contributed by atoms with Gasteiger partial charge in [-0.3, -0.25) is 0 Å². The van der Waals surface area contributed by atoms with Gasteiger partial charge in [-0.05, 0) is 41.8 Å². The number of rotatable bonds is 9. The largest absolute Gasteiger partial charge is 0.490 e. The molecule has 0 fully saturated rings. The molecule has 0 spiro atoms. The van der Waals surface area contributed by atoms with Crippen LogP contribution in [0.2, 0.25) is 0 Å². The van der Waals surface area contributed by atoms with Crippen LogP contribution >= 0.6 is 0 Å². The highest BCUT2D eigenvalue weighted by atomic mass is 16.5. The molecule has 0 heterocycles. The van der Waals surface area contributed by atoms with Crippen molar-refractivity contribution in [2.75, 3.05) is 19.8 Å².